The van der Waals surface area contributed by atoms with E-state index in [4.69, 9.17) is 4.74 Å². The lowest BCUT2D eigenvalue weighted by molar-refractivity contribution is 0.0299. The SMILES string of the molecule is Cc1nnc(NCC2(C)CCOCC2)nc1C. The van der Waals surface area contributed by atoms with Crippen LogP contribution in [0.1, 0.15) is 31.2 Å². The molecule has 17 heavy (non-hydrogen) atoms. The van der Waals surface area contributed by atoms with E-state index < -0.39 is 0 Å². The molecule has 0 saturated carbocycles. The molecule has 1 N–H and O–H groups in total. The van der Waals surface area contributed by atoms with E-state index in [1.54, 1.807) is 0 Å². The molecular weight excluding hydrogens is 216 g/mol. The highest BCUT2D eigenvalue weighted by Gasteiger charge is 2.27. The van der Waals surface area contributed by atoms with Gasteiger partial charge in [0.15, 0.2) is 0 Å². The molecule has 2 rings (SSSR count). The summed E-state index contributed by atoms with van der Waals surface area (Å²) in [6.07, 6.45) is 2.16. The number of ether oxygens (including phenoxy) is 1. The lowest BCUT2D eigenvalue weighted by Gasteiger charge is -2.33. The summed E-state index contributed by atoms with van der Waals surface area (Å²) in [5.74, 6) is 0.626. The second-order valence-corrected chi connectivity index (χ2v) is 5.08. The molecule has 0 aliphatic carbocycles. The second kappa shape index (κ2) is 4.96. The molecule has 1 aromatic heterocycles. The number of aromatic nitrogens is 3. The topological polar surface area (TPSA) is 59.9 Å². The van der Waals surface area contributed by atoms with Crippen LogP contribution >= 0.6 is 0 Å². The zero-order valence-corrected chi connectivity index (χ0v) is 10.8. The van der Waals surface area contributed by atoms with E-state index in [9.17, 15) is 0 Å². The maximum Gasteiger partial charge on any atom is 0.242 e. The first kappa shape index (κ1) is 12.2. The molecule has 2 heterocycles. The molecule has 1 aliphatic heterocycles. The van der Waals surface area contributed by atoms with Crippen LogP contribution in [-0.4, -0.2) is 34.9 Å². The molecule has 0 bridgehead atoms. The number of rotatable bonds is 3. The number of anilines is 1. The number of hydrogen-bond acceptors (Lipinski definition) is 5. The molecule has 5 heteroatoms. The fourth-order valence-electron chi connectivity index (χ4n) is 1.87. The van der Waals surface area contributed by atoms with Crippen molar-refractivity contribution in [2.24, 2.45) is 5.41 Å². The Morgan fingerprint density at radius 1 is 1.18 bits per heavy atom. The highest BCUT2D eigenvalue weighted by atomic mass is 16.5. The fraction of sp³-hybridized carbons (Fsp3) is 0.750. The molecule has 1 aromatic rings. The number of nitrogens with one attached hydrogen (secondary N) is 1. The van der Waals surface area contributed by atoms with E-state index in [-0.39, 0.29) is 5.41 Å². The molecule has 94 valence electrons. The van der Waals surface area contributed by atoms with E-state index in [0.29, 0.717) is 5.95 Å². The molecule has 0 unspecified atom stereocenters. The quantitative estimate of drug-likeness (QED) is 0.865. The van der Waals surface area contributed by atoms with Crippen molar-refractivity contribution in [1.82, 2.24) is 15.2 Å². The minimum Gasteiger partial charge on any atom is -0.381 e. The Kier molecular flexibility index (Phi) is 3.57. The minimum absolute atomic E-state index is 0.278. The van der Waals surface area contributed by atoms with Crippen molar-refractivity contribution in [3.63, 3.8) is 0 Å². The third-order valence-electron chi connectivity index (χ3n) is 3.47. The van der Waals surface area contributed by atoms with Crippen LogP contribution in [0.5, 0.6) is 0 Å². The Hall–Kier alpha value is -1.23. The predicted octanol–water partition coefficient (Wildman–Crippen LogP) is 1.72. The largest absolute Gasteiger partial charge is 0.381 e. The molecule has 0 atom stereocenters. The maximum atomic E-state index is 5.38. The van der Waals surface area contributed by atoms with Crippen LogP contribution in [0.3, 0.4) is 0 Å². The smallest absolute Gasteiger partial charge is 0.242 e. The molecule has 0 radical (unpaired) electrons. The average molecular weight is 236 g/mol. The van der Waals surface area contributed by atoms with Gasteiger partial charge in [-0.25, -0.2) is 4.98 Å². The lowest BCUT2D eigenvalue weighted by Crippen LogP contribution is -2.33. The Morgan fingerprint density at radius 2 is 1.88 bits per heavy atom. The van der Waals surface area contributed by atoms with Gasteiger partial charge in [0.25, 0.3) is 0 Å². The molecule has 1 aliphatic rings. The number of aryl methyl sites for hydroxylation is 2. The van der Waals surface area contributed by atoms with E-state index >= 15 is 0 Å². The van der Waals surface area contributed by atoms with Gasteiger partial charge in [-0.1, -0.05) is 6.92 Å². The summed E-state index contributed by atoms with van der Waals surface area (Å²) in [5, 5.41) is 11.4. The summed E-state index contributed by atoms with van der Waals surface area (Å²) in [4.78, 5) is 4.37. The highest BCUT2D eigenvalue weighted by molar-refractivity contribution is 5.25. The summed E-state index contributed by atoms with van der Waals surface area (Å²) < 4.78 is 5.38. The zero-order chi connectivity index (χ0) is 12.3. The minimum atomic E-state index is 0.278. The fourth-order valence-corrected chi connectivity index (χ4v) is 1.87. The van der Waals surface area contributed by atoms with Crippen LogP contribution in [0.2, 0.25) is 0 Å². The molecular formula is C12H20N4O. The van der Waals surface area contributed by atoms with Crippen molar-refractivity contribution in [1.29, 1.82) is 0 Å². The number of hydrogen-bond donors (Lipinski definition) is 1. The van der Waals surface area contributed by atoms with Gasteiger partial charge in [0.1, 0.15) is 0 Å². The van der Waals surface area contributed by atoms with E-state index in [1.807, 2.05) is 13.8 Å². The molecule has 1 fully saturated rings. The summed E-state index contributed by atoms with van der Waals surface area (Å²) in [5.41, 5.74) is 2.09. The van der Waals surface area contributed by atoms with Crippen LogP contribution < -0.4 is 5.32 Å². The molecule has 0 aromatic carbocycles. The average Bonchev–Trinajstić information content (AvgIpc) is 2.32. The third kappa shape index (κ3) is 3.12. The number of nitrogens with zero attached hydrogens (tertiary/aromatic N) is 3. The first-order valence-corrected chi connectivity index (χ1v) is 6.09. The van der Waals surface area contributed by atoms with Gasteiger partial charge in [-0.15, -0.1) is 5.10 Å². The second-order valence-electron chi connectivity index (χ2n) is 5.08. The van der Waals surface area contributed by atoms with Gasteiger partial charge in [0.05, 0.1) is 11.4 Å². The maximum absolute atomic E-state index is 5.38. The monoisotopic (exact) mass is 236 g/mol. The molecule has 0 amide bonds. The molecule has 0 spiro atoms. The van der Waals surface area contributed by atoms with Crippen LogP contribution in [0.15, 0.2) is 0 Å². The Bertz CT molecular complexity index is 388. The van der Waals surface area contributed by atoms with Gasteiger partial charge in [0, 0.05) is 19.8 Å². The first-order chi connectivity index (χ1) is 8.09. The normalized spacial score (nSPS) is 19.0. The summed E-state index contributed by atoms with van der Waals surface area (Å²) in [6, 6.07) is 0. The zero-order valence-electron chi connectivity index (χ0n) is 10.8. The van der Waals surface area contributed by atoms with Crippen molar-refractivity contribution in [3.05, 3.63) is 11.4 Å². The molecule has 1 saturated heterocycles. The first-order valence-electron chi connectivity index (χ1n) is 6.09. The Labute approximate surface area is 102 Å². The summed E-state index contributed by atoms with van der Waals surface area (Å²) in [6.45, 7) is 8.72. The summed E-state index contributed by atoms with van der Waals surface area (Å²) >= 11 is 0. The van der Waals surface area contributed by atoms with E-state index in [0.717, 1.165) is 44.0 Å². The van der Waals surface area contributed by atoms with E-state index in [1.165, 1.54) is 0 Å². The van der Waals surface area contributed by atoms with Crippen LogP contribution in [-0.2, 0) is 4.74 Å². The lowest BCUT2D eigenvalue weighted by atomic mass is 9.82. The van der Waals surface area contributed by atoms with Crippen molar-refractivity contribution in [2.45, 2.75) is 33.6 Å². The van der Waals surface area contributed by atoms with Gasteiger partial charge in [0.2, 0.25) is 5.95 Å². The van der Waals surface area contributed by atoms with Crippen molar-refractivity contribution in [3.8, 4) is 0 Å². The van der Waals surface area contributed by atoms with Gasteiger partial charge in [-0.3, -0.25) is 0 Å². The molecule has 5 nitrogen and oxygen atoms in total. The van der Waals surface area contributed by atoms with Crippen molar-refractivity contribution in [2.75, 3.05) is 25.1 Å². The van der Waals surface area contributed by atoms with Gasteiger partial charge in [-0.2, -0.15) is 5.10 Å². The predicted molar refractivity (Wildman–Crippen MR) is 66.0 cm³/mol. The Morgan fingerprint density at radius 3 is 2.53 bits per heavy atom. The van der Waals surface area contributed by atoms with Gasteiger partial charge < -0.3 is 10.1 Å². The summed E-state index contributed by atoms with van der Waals surface area (Å²) in [7, 11) is 0. The van der Waals surface area contributed by atoms with E-state index in [2.05, 4.69) is 27.4 Å². The van der Waals surface area contributed by atoms with Crippen LogP contribution in [0.25, 0.3) is 0 Å². The van der Waals surface area contributed by atoms with Crippen molar-refractivity contribution >= 4 is 5.95 Å². The standard InChI is InChI=1S/C12H20N4O/c1-9-10(2)15-16-11(14-9)13-8-12(3)4-6-17-7-5-12/h4-8H2,1-3H3,(H,13,14,16). The van der Waals surface area contributed by atoms with Gasteiger partial charge >= 0.3 is 0 Å². The highest BCUT2D eigenvalue weighted by Crippen LogP contribution is 2.29. The van der Waals surface area contributed by atoms with Gasteiger partial charge in [-0.05, 0) is 32.1 Å². The van der Waals surface area contributed by atoms with Crippen LogP contribution in [0.4, 0.5) is 5.95 Å². The Balaban J connectivity index is 1.94. The third-order valence-corrected chi connectivity index (χ3v) is 3.47. The van der Waals surface area contributed by atoms with Crippen LogP contribution in [0, 0.1) is 19.3 Å². The van der Waals surface area contributed by atoms with Crippen molar-refractivity contribution < 1.29 is 4.74 Å².